The fourth-order valence-electron chi connectivity index (χ4n) is 12.2. The number of H-pyrrole nitrogens is 1. The van der Waals surface area contributed by atoms with E-state index in [1.165, 1.54) is 60.7 Å². The number of tetrazole rings is 1. The van der Waals surface area contributed by atoms with Crippen LogP contribution >= 0.6 is 0 Å². The quantitative estimate of drug-likeness (QED) is 0.0760. The van der Waals surface area contributed by atoms with Crippen molar-refractivity contribution in [3.63, 3.8) is 0 Å². The predicted molar refractivity (Wildman–Crippen MR) is 320 cm³/mol. The Labute approximate surface area is 510 Å². The molecular formula is C62H56F7N9O9S3. The second kappa shape index (κ2) is 23.2. The lowest BCUT2D eigenvalue weighted by molar-refractivity contribution is -0.138. The molecule has 18 nitrogen and oxygen atoms in total. The highest BCUT2D eigenvalue weighted by atomic mass is 32.2. The van der Waals surface area contributed by atoms with Gasteiger partial charge in [0, 0.05) is 111 Å². The highest BCUT2D eigenvalue weighted by molar-refractivity contribution is 8.00. The van der Waals surface area contributed by atoms with Gasteiger partial charge in [-0.05, 0) is 150 Å². The van der Waals surface area contributed by atoms with Gasteiger partial charge in [0.25, 0.3) is 17.8 Å². The van der Waals surface area contributed by atoms with Crippen molar-refractivity contribution in [1.82, 2.24) is 44.3 Å². The number of alkyl halides is 6. The molecule has 0 bridgehead atoms. The van der Waals surface area contributed by atoms with Gasteiger partial charge in [0.1, 0.15) is 18.9 Å². The number of rotatable bonds is 12. The van der Waals surface area contributed by atoms with Gasteiger partial charge in [-0.15, -0.1) is 10.2 Å². The molecule has 0 saturated heterocycles. The summed E-state index contributed by atoms with van der Waals surface area (Å²) in [7, 11) is -10.2. The van der Waals surface area contributed by atoms with Crippen molar-refractivity contribution < 1.29 is 71.6 Å². The highest BCUT2D eigenvalue weighted by Crippen LogP contribution is 2.45. The minimum atomic E-state index is -3.72. The number of halogens is 7. The first-order chi connectivity index (χ1) is 42.4. The van der Waals surface area contributed by atoms with E-state index in [1.807, 2.05) is 11.5 Å². The van der Waals surface area contributed by atoms with Gasteiger partial charge in [0.05, 0.1) is 44.4 Å². The molecule has 1 unspecified atom stereocenters. The largest absolute Gasteiger partial charge is 0.480 e. The minimum Gasteiger partial charge on any atom is -0.480 e. The van der Waals surface area contributed by atoms with Gasteiger partial charge in [0.2, 0.25) is 0 Å². The van der Waals surface area contributed by atoms with Gasteiger partial charge >= 0.3 is 11.9 Å². The lowest BCUT2D eigenvalue weighted by Crippen LogP contribution is -2.28. The van der Waals surface area contributed by atoms with E-state index >= 15 is 0 Å². The first-order valence-corrected chi connectivity index (χ1v) is 33.2. The van der Waals surface area contributed by atoms with E-state index in [1.54, 1.807) is 71.9 Å². The fraction of sp³-hybridized carbons (Fsp3) is 0.290. The molecule has 6 aromatic heterocycles. The van der Waals surface area contributed by atoms with Gasteiger partial charge < -0.3 is 23.9 Å². The van der Waals surface area contributed by atoms with Crippen molar-refractivity contribution in [2.24, 2.45) is 0 Å². The summed E-state index contributed by atoms with van der Waals surface area (Å²) in [6, 6.07) is 22.3. The summed E-state index contributed by atoms with van der Waals surface area (Å²) in [5.41, 5.74) is 7.79. The molecule has 0 fully saturated rings. The Morgan fingerprint density at radius 2 is 1.08 bits per heavy atom. The number of carboxylic acid groups (broad SMARTS) is 2. The van der Waals surface area contributed by atoms with Gasteiger partial charge in [-0.3, -0.25) is 23.8 Å². The molecule has 0 saturated carbocycles. The molecule has 3 aliphatic heterocycles. The van der Waals surface area contributed by atoms with E-state index in [0.29, 0.717) is 68.8 Å². The summed E-state index contributed by atoms with van der Waals surface area (Å²) >= 11 is 0. The number of aromatic amines is 1. The van der Waals surface area contributed by atoms with Crippen molar-refractivity contribution in [3.05, 3.63) is 188 Å². The zero-order chi connectivity index (χ0) is 64.6. The first kappa shape index (κ1) is 62.8. The average Bonchev–Trinajstić information content (AvgIpc) is 1.08. The van der Waals surface area contributed by atoms with Gasteiger partial charge in [-0.2, -0.15) is 5.21 Å². The van der Waals surface area contributed by atoms with Gasteiger partial charge in [-0.1, -0.05) is 23.4 Å². The second-order valence-electron chi connectivity index (χ2n) is 22.5. The molecule has 1 atom stereocenters. The van der Waals surface area contributed by atoms with Gasteiger partial charge in [-0.25, -0.2) is 47.6 Å². The molecule has 10 aromatic rings. The third kappa shape index (κ3) is 12.0. The highest BCUT2D eigenvalue weighted by Gasteiger charge is 2.45. The number of sulfone groups is 2. The number of carboxylic acids is 2. The maximum absolute atomic E-state index is 14.6. The van der Waals surface area contributed by atoms with E-state index in [9.17, 15) is 71.6 Å². The third-order valence-electron chi connectivity index (χ3n) is 16.8. The van der Waals surface area contributed by atoms with E-state index < -0.39 is 101 Å². The van der Waals surface area contributed by atoms with Crippen LogP contribution in [-0.2, 0) is 95.4 Å². The average molecular weight is 1300 g/mol. The number of fused-ring (bicyclic) bond motifs is 6. The zero-order valence-electron chi connectivity index (χ0n) is 48.3. The Morgan fingerprint density at radius 3 is 1.63 bits per heavy atom. The molecule has 3 aliphatic rings. The number of nitrogens with one attached hydrogen (secondary N) is 1. The van der Waals surface area contributed by atoms with Crippen LogP contribution in [0, 0.1) is 26.6 Å². The molecule has 90 heavy (non-hydrogen) atoms. The number of benzene rings is 4. The second-order valence-corrected chi connectivity index (χ2v) is 29.2. The summed E-state index contributed by atoms with van der Waals surface area (Å²) < 4.78 is 168. The number of pyridine rings is 2. The Bertz CT molecular complexity index is 4720. The number of aliphatic carboxylic acids is 2. The molecule has 4 aromatic carbocycles. The summed E-state index contributed by atoms with van der Waals surface area (Å²) in [5, 5.41) is 33.8. The number of hydrogen-bond donors (Lipinski definition) is 3. The summed E-state index contributed by atoms with van der Waals surface area (Å²) in [4.78, 5) is 30.4. The third-order valence-corrected chi connectivity index (χ3v) is 22.4. The van der Waals surface area contributed by atoms with Crippen LogP contribution < -0.4 is 0 Å². The molecule has 13 rings (SSSR count). The number of nitrogens with zero attached hydrogens (tertiary/aromatic N) is 8. The number of aromatic nitrogens is 9. The van der Waals surface area contributed by atoms with E-state index in [4.69, 9.17) is 0 Å². The molecule has 0 spiro atoms. The standard InChI is InChI=1S/C22H20F3N5OS.2C20H18F2N2O4S/c1-13-16(9-14-3-6-20-18(10-14)22(24,25)7-8-32(20,2)31)17-11-15(23)4-5-19(17)30(13)12-21-26-28-29-27-21;1-12-14(15-10-23-6-4-17(15)24(12)11-19(25)26)8-13-2-3-18-16(9-13)20(21,22)5-7-29(18,27)28;1-12-14(19-16(3-2-7-23-19)24(12)11-18(25)26)9-13-4-5-17-15(10-13)20(21,22)6-8-29(17,27)28/h3-6,10-11H,2,7-9,12H2,1H3,(H,26,27,28,29);2-4,6,9-10H,5,7-8,11H2,1H3,(H,25,26);2-5,7,10H,6,8-9,11H2,1H3,(H,25,26). The molecule has 3 N–H and O–H groups in total. The van der Waals surface area contributed by atoms with Crippen molar-refractivity contribution in [3.8, 4) is 0 Å². The molecule has 9 heterocycles. The van der Waals surface area contributed by atoms with Crippen LogP contribution in [0.1, 0.15) is 92.2 Å². The van der Waals surface area contributed by atoms with Crippen LogP contribution in [-0.4, -0.2) is 111 Å². The van der Waals surface area contributed by atoms with Crippen LogP contribution in [0.15, 0.2) is 124 Å². The minimum absolute atomic E-state index is 0.125. The Hall–Kier alpha value is -8.76. The number of carbonyl (C=O) groups is 2. The molecule has 0 amide bonds. The van der Waals surface area contributed by atoms with Crippen LogP contribution in [0.3, 0.4) is 0 Å². The monoisotopic (exact) mass is 1300 g/mol. The Balaban J connectivity index is 0.000000139. The van der Waals surface area contributed by atoms with Crippen molar-refractivity contribution in [1.29, 1.82) is 0 Å². The topological polar surface area (TPSA) is 255 Å². The lowest BCUT2D eigenvalue weighted by atomic mass is 9.97. The molecular weight excluding hydrogens is 1240 g/mol. The molecule has 0 aliphatic carbocycles. The van der Waals surface area contributed by atoms with Crippen LogP contribution in [0.25, 0.3) is 32.8 Å². The van der Waals surface area contributed by atoms with Crippen molar-refractivity contribution >= 4 is 79.8 Å². The van der Waals surface area contributed by atoms with Crippen molar-refractivity contribution in [2.75, 3.05) is 17.3 Å². The van der Waals surface area contributed by atoms with Crippen LogP contribution in [0.4, 0.5) is 30.7 Å². The first-order valence-electron chi connectivity index (χ1n) is 28.0. The summed E-state index contributed by atoms with van der Waals surface area (Å²) in [6.45, 7) is 5.29. The lowest BCUT2D eigenvalue weighted by Gasteiger charge is -2.28. The SMILES string of the molecule is C=S1(=O)CCC(F)(F)c2cc(Cc3c(C)n(Cc4nn[nH]n4)c4ccc(F)cc34)ccc21.Cc1c(Cc2ccc3c(c2)C(F)(F)CCS3(=O)=O)c2cnccc2n1CC(=O)O.Cc1c(Cc2ccc3c(c2)C(F)(F)CCS3(=O)=O)c2ncccc2n1CC(=O)O. The normalized spacial score (nSPS) is 18.2. The van der Waals surface area contributed by atoms with E-state index in [0.717, 1.165) is 33.3 Å². The van der Waals surface area contributed by atoms with E-state index in [2.05, 4.69) is 36.5 Å². The Kier molecular flexibility index (Phi) is 16.2. The Morgan fingerprint density at radius 1 is 0.589 bits per heavy atom. The summed E-state index contributed by atoms with van der Waals surface area (Å²) in [5.74, 6) is -8.96. The maximum Gasteiger partial charge on any atom is 0.323 e. The van der Waals surface area contributed by atoms with Gasteiger partial charge in [0.15, 0.2) is 25.5 Å². The van der Waals surface area contributed by atoms with Crippen LogP contribution in [0.5, 0.6) is 0 Å². The smallest absolute Gasteiger partial charge is 0.323 e. The zero-order valence-corrected chi connectivity index (χ0v) is 50.7. The number of hydrogen-bond acceptors (Lipinski definition) is 12. The summed E-state index contributed by atoms with van der Waals surface area (Å²) in [6.07, 6.45) is 3.62. The molecule has 28 heteroatoms. The molecule has 0 radical (unpaired) electrons. The maximum atomic E-state index is 14.6. The fourth-order valence-corrected chi connectivity index (χ4v) is 17.0. The predicted octanol–water partition coefficient (Wildman–Crippen LogP) is 10.4. The molecule has 470 valence electrons. The van der Waals surface area contributed by atoms with Crippen LogP contribution in [0.2, 0.25) is 0 Å². The van der Waals surface area contributed by atoms with E-state index in [-0.39, 0.29) is 57.8 Å². The van der Waals surface area contributed by atoms with Crippen molar-refractivity contribution in [2.45, 2.75) is 111 Å².